The second-order valence-electron chi connectivity index (χ2n) is 12.5. The second kappa shape index (κ2) is 8.72. The maximum Gasteiger partial charge on any atom is 0.310 e. The molecule has 8 nitrogen and oxygen atoms in total. The number of hydrogen-bond donors (Lipinski definition) is 1. The van der Waals surface area contributed by atoms with Crippen LogP contribution in [0.2, 0.25) is 0 Å². The van der Waals surface area contributed by atoms with Crippen molar-refractivity contribution in [3.8, 4) is 0 Å². The van der Waals surface area contributed by atoms with Crippen molar-refractivity contribution in [3.63, 3.8) is 0 Å². The van der Waals surface area contributed by atoms with Gasteiger partial charge in [0, 0.05) is 41.1 Å². The number of cyclic esters (lactones) is 1. The molecule has 37 heavy (non-hydrogen) atoms. The molecule has 0 amide bonds. The number of carbonyl (C=O) groups is 3. The number of aliphatic hydroxyl groups excluding tert-OH is 1. The van der Waals surface area contributed by atoms with Gasteiger partial charge >= 0.3 is 17.9 Å². The molecule has 0 radical (unpaired) electrons. The van der Waals surface area contributed by atoms with Crippen LogP contribution in [-0.4, -0.2) is 42.3 Å². The van der Waals surface area contributed by atoms with E-state index in [0.717, 1.165) is 29.6 Å². The zero-order valence-corrected chi connectivity index (χ0v) is 22.5. The average Bonchev–Trinajstić information content (AvgIpc) is 3.36. The molecule has 3 aliphatic carbocycles. The van der Waals surface area contributed by atoms with Gasteiger partial charge in [-0.1, -0.05) is 33.3 Å². The van der Waals surface area contributed by atoms with E-state index in [9.17, 15) is 19.5 Å². The number of allylic oxidation sites excluding steroid dienone is 1. The molecule has 1 N–H and O–H groups in total. The third kappa shape index (κ3) is 3.69. The number of esters is 3. The van der Waals surface area contributed by atoms with E-state index in [0.29, 0.717) is 6.42 Å². The Hall–Kier alpha value is -2.61. The molecule has 2 bridgehead atoms. The summed E-state index contributed by atoms with van der Waals surface area (Å²) in [5.74, 6) is -1.74. The molecule has 202 valence electrons. The molecule has 0 aromatic carbocycles. The number of rotatable bonds is 4. The van der Waals surface area contributed by atoms with E-state index in [4.69, 9.17) is 18.6 Å². The standard InChI is InChI=1S/C29H38O8/c1-15(30)36-26-18-11-17-19(29(5,24(18)33)21(27(26,2)3)13-22(31)34-6)7-9-28(4)20(17)12-23(32)37-25(28)16-8-10-35-14-16/h8,10,14,18-19,21,24-26,33H,7,9,11-13H2,1-6H3/t18-,19+,21+,24?,25+,26+,28-,29-/m1/s1. The lowest BCUT2D eigenvalue weighted by atomic mass is 9.40. The zero-order valence-electron chi connectivity index (χ0n) is 22.5. The minimum atomic E-state index is -0.779. The topological polar surface area (TPSA) is 112 Å². The lowest BCUT2D eigenvalue weighted by Crippen LogP contribution is -2.68. The van der Waals surface area contributed by atoms with Crippen molar-refractivity contribution in [2.75, 3.05) is 7.11 Å². The molecule has 1 aromatic rings. The van der Waals surface area contributed by atoms with Gasteiger partial charge < -0.3 is 23.7 Å². The van der Waals surface area contributed by atoms with E-state index in [1.807, 2.05) is 19.9 Å². The molecule has 1 unspecified atom stereocenters. The number of aliphatic hydroxyl groups is 1. The summed E-state index contributed by atoms with van der Waals surface area (Å²) < 4.78 is 22.2. The van der Waals surface area contributed by atoms with Gasteiger partial charge in [-0.15, -0.1) is 0 Å². The van der Waals surface area contributed by atoms with E-state index < -0.39 is 40.5 Å². The molecule has 5 rings (SSSR count). The molecule has 8 heteroatoms. The quantitative estimate of drug-likeness (QED) is 0.355. The van der Waals surface area contributed by atoms with Crippen LogP contribution in [0.4, 0.5) is 0 Å². The zero-order chi connectivity index (χ0) is 26.9. The average molecular weight is 515 g/mol. The Labute approximate surface area is 217 Å². The van der Waals surface area contributed by atoms with E-state index in [1.54, 1.807) is 12.5 Å². The Kier molecular flexibility index (Phi) is 6.13. The normalized spacial score (nSPS) is 40.2. The first-order valence-electron chi connectivity index (χ1n) is 13.2. The maximum absolute atomic E-state index is 12.9. The van der Waals surface area contributed by atoms with Crippen molar-refractivity contribution in [2.45, 2.75) is 85.0 Å². The SMILES string of the molecule is COC(=O)C[C@H]1C(C)(C)[C@@H](OC(C)=O)[C@@H]2CC3=C4CC(=O)O[C@@H](c5ccoc5)[C@]4(C)CC[C@@H]3[C@@]1(C)C2O. The van der Waals surface area contributed by atoms with Crippen LogP contribution in [0.3, 0.4) is 0 Å². The van der Waals surface area contributed by atoms with Gasteiger partial charge in [-0.05, 0) is 42.7 Å². The van der Waals surface area contributed by atoms with Gasteiger partial charge in [0.1, 0.15) is 12.2 Å². The minimum Gasteiger partial charge on any atom is -0.472 e. The van der Waals surface area contributed by atoms with Crippen LogP contribution in [0.25, 0.3) is 0 Å². The van der Waals surface area contributed by atoms with Crippen molar-refractivity contribution in [1.29, 1.82) is 0 Å². The van der Waals surface area contributed by atoms with Crippen LogP contribution in [0, 0.1) is 34.0 Å². The molecule has 0 spiro atoms. The highest BCUT2D eigenvalue weighted by Crippen LogP contribution is 2.69. The summed E-state index contributed by atoms with van der Waals surface area (Å²) in [7, 11) is 1.37. The van der Waals surface area contributed by atoms with E-state index in [2.05, 4.69) is 13.8 Å². The number of furan rings is 1. The van der Waals surface area contributed by atoms with Gasteiger partial charge in [-0.2, -0.15) is 0 Å². The Morgan fingerprint density at radius 2 is 1.95 bits per heavy atom. The summed E-state index contributed by atoms with van der Waals surface area (Å²) >= 11 is 0. The molecule has 2 saturated carbocycles. The Bertz CT molecular complexity index is 1130. The number of ether oxygens (including phenoxy) is 3. The van der Waals surface area contributed by atoms with Gasteiger partial charge in [0.05, 0.1) is 32.2 Å². The van der Waals surface area contributed by atoms with Gasteiger partial charge in [0.2, 0.25) is 0 Å². The lowest BCUT2D eigenvalue weighted by molar-refractivity contribution is -0.239. The maximum atomic E-state index is 12.9. The third-order valence-corrected chi connectivity index (χ3v) is 10.4. The Morgan fingerprint density at radius 1 is 1.22 bits per heavy atom. The van der Waals surface area contributed by atoms with Crippen LogP contribution in [0.1, 0.15) is 78.4 Å². The summed E-state index contributed by atoms with van der Waals surface area (Å²) in [5, 5.41) is 11.9. The predicted molar refractivity (Wildman–Crippen MR) is 132 cm³/mol. The van der Waals surface area contributed by atoms with Crippen molar-refractivity contribution < 1.29 is 38.1 Å². The molecule has 2 heterocycles. The Morgan fingerprint density at radius 3 is 2.57 bits per heavy atom. The number of fused-ring (bicyclic) bond motifs is 5. The minimum absolute atomic E-state index is 0.0232. The first kappa shape index (κ1) is 26.0. The van der Waals surface area contributed by atoms with E-state index in [-0.39, 0.29) is 42.5 Å². The lowest BCUT2D eigenvalue weighted by Gasteiger charge is -2.66. The summed E-state index contributed by atoms with van der Waals surface area (Å²) in [6, 6.07) is 1.84. The highest BCUT2D eigenvalue weighted by molar-refractivity contribution is 5.76. The van der Waals surface area contributed by atoms with Gasteiger partial charge in [0.25, 0.3) is 0 Å². The van der Waals surface area contributed by atoms with Crippen LogP contribution >= 0.6 is 0 Å². The van der Waals surface area contributed by atoms with Crippen molar-refractivity contribution in [2.24, 2.45) is 34.0 Å². The van der Waals surface area contributed by atoms with Crippen molar-refractivity contribution in [1.82, 2.24) is 0 Å². The molecule has 1 aromatic heterocycles. The van der Waals surface area contributed by atoms with Crippen molar-refractivity contribution >= 4 is 17.9 Å². The monoisotopic (exact) mass is 514 g/mol. The van der Waals surface area contributed by atoms with Gasteiger partial charge in [-0.25, -0.2) is 0 Å². The van der Waals surface area contributed by atoms with Crippen LogP contribution < -0.4 is 0 Å². The fourth-order valence-electron chi connectivity index (χ4n) is 8.67. The molecule has 8 atom stereocenters. The van der Waals surface area contributed by atoms with Gasteiger partial charge in [-0.3, -0.25) is 14.4 Å². The molecule has 3 fully saturated rings. The highest BCUT2D eigenvalue weighted by atomic mass is 16.6. The smallest absolute Gasteiger partial charge is 0.310 e. The van der Waals surface area contributed by atoms with Crippen LogP contribution in [-0.2, 0) is 28.6 Å². The highest BCUT2D eigenvalue weighted by Gasteiger charge is 2.68. The second-order valence-corrected chi connectivity index (χ2v) is 12.5. The number of carbonyl (C=O) groups excluding carboxylic acids is 3. The molecular weight excluding hydrogens is 476 g/mol. The molecule has 4 aliphatic rings. The summed E-state index contributed by atoms with van der Waals surface area (Å²) in [5.41, 5.74) is 1.37. The van der Waals surface area contributed by atoms with E-state index >= 15 is 0 Å². The number of methoxy groups -OCH3 is 1. The van der Waals surface area contributed by atoms with Gasteiger partial charge in [0.15, 0.2) is 0 Å². The van der Waals surface area contributed by atoms with E-state index in [1.165, 1.54) is 14.0 Å². The summed E-state index contributed by atoms with van der Waals surface area (Å²) in [6.07, 6.45) is 3.78. The summed E-state index contributed by atoms with van der Waals surface area (Å²) in [6.45, 7) is 9.67. The predicted octanol–water partition coefficient (Wildman–Crippen LogP) is 4.52. The Balaban J connectivity index is 1.68. The third-order valence-electron chi connectivity index (χ3n) is 10.4. The molecular formula is C29H38O8. The fraction of sp³-hybridized carbons (Fsp3) is 0.690. The number of hydrogen-bond acceptors (Lipinski definition) is 8. The van der Waals surface area contributed by atoms with Crippen molar-refractivity contribution in [3.05, 3.63) is 35.3 Å². The summed E-state index contributed by atoms with van der Waals surface area (Å²) in [4.78, 5) is 37.8. The van der Waals surface area contributed by atoms with Crippen LogP contribution in [0.5, 0.6) is 0 Å². The molecule has 1 saturated heterocycles. The van der Waals surface area contributed by atoms with Crippen LogP contribution in [0.15, 0.2) is 34.2 Å². The first-order valence-corrected chi connectivity index (χ1v) is 13.2. The molecule has 1 aliphatic heterocycles. The largest absolute Gasteiger partial charge is 0.472 e. The fourth-order valence-corrected chi connectivity index (χ4v) is 8.67. The first-order chi connectivity index (χ1) is 17.4.